The molecule has 0 unspecified atom stereocenters. The highest BCUT2D eigenvalue weighted by Crippen LogP contribution is 2.42. The summed E-state index contributed by atoms with van der Waals surface area (Å²) in [5.74, 6) is 7.52. The second-order valence-corrected chi connectivity index (χ2v) is 19.7. The molecule has 0 spiro atoms. The fraction of sp³-hybridized carbons (Fsp3) is 0.742. The summed E-state index contributed by atoms with van der Waals surface area (Å²) >= 11 is 1.42. The molecule has 0 aromatic carbocycles. The number of nitrogens with zero attached hydrogens (tertiary/aromatic N) is 2. The number of amides is 1. The van der Waals surface area contributed by atoms with Crippen LogP contribution in [0.4, 0.5) is 5.69 Å². The fourth-order valence-corrected chi connectivity index (χ4v) is 7.39. The molecule has 204 valence electrons. The van der Waals surface area contributed by atoms with E-state index in [1.54, 1.807) is 0 Å². The van der Waals surface area contributed by atoms with Crippen LogP contribution >= 0.6 is 11.3 Å². The lowest BCUT2D eigenvalue weighted by molar-refractivity contribution is -0.124. The Morgan fingerprint density at radius 1 is 1.03 bits per heavy atom. The van der Waals surface area contributed by atoms with Gasteiger partial charge in [-0.05, 0) is 102 Å². The molecule has 1 aromatic rings. The maximum absolute atomic E-state index is 14.1. The van der Waals surface area contributed by atoms with Crippen molar-refractivity contribution in [2.45, 2.75) is 130 Å². The molecule has 1 heterocycles. The van der Waals surface area contributed by atoms with E-state index in [4.69, 9.17) is 4.43 Å². The van der Waals surface area contributed by atoms with Gasteiger partial charge < -0.3 is 9.33 Å². The average Bonchev–Trinajstić information content (AvgIpc) is 3.21. The summed E-state index contributed by atoms with van der Waals surface area (Å²) in [5, 5.41) is 10.2. The standard InChI is InChI=1S/C31H48N2O2SSi/c1-22-10-12-23(13-11-22)29(34)33(27-20-26(36-28(27)21-32)18-19-30(2,3)4)24-14-16-25(17-15-24)35-37(8,9)31(5,6)7/h20,22-25H,10-17H2,1-9H3/t22-,23-,24-,25+. The van der Waals surface area contributed by atoms with Gasteiger partial charge in [0.15, 0.2) is 8.32 Å². The number of hydrogen-bond donors (Lipinski definition) is 0. The Labute approximate surface area is 231 Å². The summed E-state index contributed by atoms with van der Waals surface area (Å²) in [4.78, 5) is 17.6. The van der Waals surface area contributed by atoms with E-state index in [1.165, 1.54) is 11.3 Å². The zero-order chi connectivity index (χ0) is 27.6. The third-order valence-electron chi connectivity index (χ3n) is 8.51. The number of thiophene rings is 1. The van der Waals surface area contributed by atoms with Crippen molar-refractivity contribution in [1.29, 1.82) is 5.26 Å². The van der Waals surface area contributed by atoms with E-state index in [-0.39, 0.29) is 34.4 Å². The van der Waals surface area contributed by atoms with Gasteiger partial charge in [-0.2, -0.15) is 5.26 Å². The van der Waals surface area contributed by atoms with E-state index in [9.17, 15) is 10.1 Å². The quantitative estimate of drug-likeness (QED) is 0.278. The maximum Gasteiger partial charge on any atom is 0.230 e. The van der Waals surface area contributed by atoms with E-state index in [0.29, 0.717) is 10.8 Å². The minimum Gasteiger partial charge on any atom is -0.414 e. The summed E-state index contributed by atoms with van der Waals surface area (Å²) in [6.07, 6.45) is 8.12. The van der Waals surface area contributed by atoms with Crippen LogP contribution in [-0.2, 0) is 9.22 Å². The molecule has 0 saturated heterocycles. The lowest BCUT2D eigenvalue weighted by Crippen LogP contribution is -2.49. The summed E-state index contributed by atoms with van der Waals surface area (Å²) in [7, 11) is -1.83. The van der Waals surface area contributed by atoms with Crippen LogP contribution in [0.2, 0.25) is 18.1 Å². The lowest BCUT2D eigenvalue weighted by atomic mass is 9.81. The molecule has 2 aliphatic carbocycles. The number of carbonyl (C=O) groups excluding carboxylic acids is 1. The lowest BCUT2D eigenvalue weighted by Gasteiger charge is -2.43. The van der Waals surface area contributed by atoms with Crippen LogP contribution in [0.1, 0.15) is 110 Å². The third kappa shape index (κ3) is 7.72. The molecular formula is C31H48N2O2SSi. The van der Waals surface area contributed by atoms with Crippen LogP contribution in [0.5, 0.6) is 0 Å². The van der Waals surface area contributed by atoms with E-state index >= 15 is 0 Å². The summed E-state index contributed by atoms with van der Waals surface area (Å²) < 4.78 is 6.75. The summed E-state index contributed by atoms with van der Waals surface area (Å²) in [6.45, 7) is 20.1. The molecule has 0 bridgehead atoms. The van der Waals surface area contributed by atoms with Crippen LogP contribution in [0.15, 0.2) is 6.07 Å². The SMILES string of the molecule is CC(C)(C)C#Cc1cc(N(C(=O)[C@H]2CC[C@H](C)CC2)[C@H]2CC[C@@H](O[Si](C)(C)C(C)(C)C)CC2)c(C#N)s1. The molecule has 0 N–H and O–H groups in total. The second kappa shape index (κ2) is 11.6. The number of carbonyl (C=O) groups is 1. The van der Waals surface area contributed by atoms with Crippen molar-refractivity contribution in [3.63, 3.8) is 0 Å². The topological polar surface area (TPSA) is 53.3 Å². The molecule has 1 aromatic heterocycles. The Balaban J connectivity index is 1.88. The molecular weight excluding hydrogens is 493 g/mol. The van der Waals surface area contributed by atoms with E-state index in [0.717, 1.165) is 61.9 Å². The Bertz CT molecular complexity index is 1040. The number of hydrogen-bond acceptors (Lipinski definition) is 4. The Morgan fingerprint density at radius 2 is 1.62 bits per heavy atom. The zero-order valence-electron chi connectivity index (χ0n) is 24.7. The number of anilines is 1. The van der Waals surface area contributed by atoms with Gasteiger partial charge in [0.2, 0.25) is 5.91 Å². The van der Waals surface area contributed by atoms with Crippen LogP contribution in [0.3, 0.4) is 0 Å². The molecule has 6 heteroatoms. The van der Waals surface area contributed by atoms with Crippen molar-refractivity contribution in [2.75, 3.05) is 4.90 Å². The van der Waals surface area contributed by atoms with Crippen LogP contribution in [0.25, 0.3) is 0 Å². The van der Waals surface area contributed by atoms with Gasteiger partial charge in [-0.15, -0.1) is 11.3 Å². The van der Waals surface area contributed by atoms with E-state index in [1.807, 2.05) is 11.0 Å². The Hall–Kier alpha value is -1.60. The van der Waals surface area contributed by atoms with Gasteiger partial charge in [-0.25, -0.2) is 0 Å². The molecule has 4 nitrogen and oxygen atoms in total. The smallest absolute Gasteiger partial charge is 0.230 e. The predicted octanol–water partition coefficient (Wildman–Crippen LogP) is 8.51. The molecule has 0 atom stereocenters. The number of nitriles is 1. The molecule has 0 radical (unpaired) electrons. The highest BCUT2D eigenvalue weighted by molar-refractivity contribution is 7.13. The van der Waals surface area contributed by atoms with Crippen molar-refractivity contribution in [3.8, 4) is 17.9 Å². The van der Waals surface area contributed by atoms with E-state index < -0.39 is 8.32 Å². The van der Waals surface area contributed by atoms with Gasteiger partial charge >= 0.3 is 0 Å². The molecule has 0 aliphatic heterocycles. The van der Waals surface area contributed by atoms with Gasteiger partial charge in [0.1, 0.15) is 10.9 Å². The van der Waals surface area contributed by atoms with Crippen molar-refractivity contribution in [1.82, 2.24) is 0 Å². The first kappa shape index (κ1) is 29.9. The Kier molecular flexibility index (Phi) is 9.43. The normalized spacial score (nSPS) is 25.1. The minimum absolute atomic E-state index is 0.0490. The van der Waals surface area contributed by atoms with Crippen molar-refractivity contribution >= 4 is 31.2 Å². The van der Waals surface area contributed by atoms with Gasteiger partial charge in [-0.3, -0.25) is 4.79 Å². The second-order valence-electron chi connectivity index (χ2n) is 13.9. The van der Waals surface area contributed by atoms with Gasteiger partial charge in [0, 0.05) is 23.5 Å². The molecule has 37 heavy (non-hydrogen) atoms. The highest BCUT2D eigenvalue weighted by Gasteiger charge is 2.41. The van der Waals surface area contributed by atoms with Crippen molar-refractivity contribution < 1.29 is 9.22 Å². The average molecular weight is 541 g/mol. The minimum atomic E-state index is -1.83. The molecule has 2 aliphatic rings. The molecule has 2 fully saturated rings. The van der Waals surface area contributed by atoms with Crippen molar-refractivity contribution in [3.05, 3.63) is 15.8 Å². The molecule has 3 rings (SSSR count). The first-order valence-electron chi connectivity index (χ1n) is 14.2. The fourth-order valence-electron chi connectivity index (χ4n) is 5.16. The van der Waals surface area contributed by atoms with Crippen molar-refractivity contribution in [2.24, 2.45) is 17.3 Å². The first-order chi connectivity index (χ1) is 17.1. The summed E-state index contributed by atoms with van der Waals surface area (Å²) in [5.41, 5.74) is 0.663. The van der Waals surface area contributed by atoms with Crippen LogP contribution in [0, 0.1) is 40.4 Å². The number of rotatable bonds is 5. The van der Waals surface area contributed by atoms with Crippen LogP contribution < -0.4 is 4.90 Å². The molecule has 2 saturated carbocycles. The van der Waals surface area contributed by atoms with Gasteiger partial charge in [-0.1, -0.05) is 39.5 Å². The molecule has 1 amide bonds. The van der Waals surface area contributed by atoms with Gasteiger partial charge in [0.05, 0.1) is 10.6 Å². The van der Waals surface area contributed by atoms with Gasteiger partial charge in [0.25, 0.3) is 0 Å². The zero-order valence-corrected chi connectivity index (χ0v) is 26.5. The summed E-state index contributed by atoms with van der Waals surface area (Å²) in [6, 6.07) is 4.50. The first-order valence-corrected chi connectivity index (χ1v) is 17.9. The largest absolute Gasteiger partial charge is 0.414 e. The highest BCUT2D eigenvalue weighted by atomic mass is 32.1. The van der Waals surface area contributed by atoms with Crippen LogP contribution in [-0.4, -0.2) is 26.4 Å². The maximum atomic E-state index is 14.1. The van der Waals surface area contributed by atoms with E-state index in [2.05, 4.69) is 79.5 Å². The Morgan fingerprint density at radius 3 is 2.14 bits per heavy atom. The third-order valence-corrected chi connectivity index (χ3v) is 14.0. The monoisotopic (exact) mass is 540 g/mol. The predicted molar refractivity (Wildman–Crippen MR) is 158 cm³/mol.